The predicted octanol–water partition coefficient (Wildman–Crippen LogP) is 4.09. The van der Waals surface area contributed by atoms with Crippen LogP contribution < -0.4 is 11.1 Å². The van der Waals surface area contributed by atoms with Crippen molar-refractivity contribution in [1.82, 2.24) is 4.90 Å². The Morgan fingerprint density at radius 2 is 1.81 bits per heavy atom. The average Bonchev–Trinajstić information content (AvgIpc) is 2.55. The molecule has 0 atom stereocenters. The van der Waals surface area contributed by atoms with Crippen LogP contribution in [-0.2, 0) is 15.8 Å². The highest BCUT2D eigenvalue weighted by Gasteiger charge is 2.33. The van der Waals surface area contributed by atoms with Gasteiger partial charge in [0.15, 0.2) is 0 Å². The van der Waals surface area contributed by atoms with Gasteiger partial charge in [0, 0.05) is 19.2 Å². The summed E-state index contributed by atoms with van der Waals surface area (Å²) in [7, 11) is 1.48. The standard InChI is InChI=1S/C17H23ClF3N3O2.ClH/c1-24(16(26)6-4-2-3-5-9-22)11-15(25)23-12-7-8-14(18)13(10-12)17(19,20)21;/h7-8,10H,2-6,9,11,22H2,1H3,(H,23,25);1H. The van der Waals surface area contributed by atoms with E-state index in [0.29, 0.717) is 19.4 Å². The Morgan fingerprint density at radius 1 is 1.19 bits per heavy atom. The number of benzene rings is 1. The minimum absolute atomic E-state index is 0. The van der Waals surface area contributed by atoms with Gasteiger partial charge in [-0.25, -0.2) is 0 Å². The lowest BCUT2D eigenvalue weighted by Gasteiger charge is -2.17. The number of rotatable bonds is 9. The van der Waals surface area contributed by atoms with E-state index in [1.807, 2.05) is 0 Å². The van der Waals surface area contributed by atoms with Crippen molar-refractivity contribution in [2.24, 2.45) is 5.73 Å². The zero-order valence-electron chi connectivity index (χ0n) is 14.9. The number of likely N-dealkylation sites (N-methyl/N-ethyl adjacent to an activating group) is 1. The van der Waals surface area contributed by atoms with Gasteiger partial charge in [0.05, 0.1) is 17.1 Å². The van der Waals surface area contributed by atoms with Crippen LogP contribution in [-0.4, -0.2) is 36.9 Å². The van der Waals surface area contributed by atoms with Crippen molar-refractivity contribution < 1.29 is 22.8 Å². The van der Waals surface area contributed by atoms with Crippen LogP contribution in [0, 0.1) is 0 Å². The molecule has 3 N–H and O–H groups in total. The molecule has 0 bridgehead atoms. The van der Waals surface area contributed by atoms with E-state index < -0.39 is 22.7 Å². The van der Waals surface area contributed by atoms with E-state index in [9.17, 15) is 22.8 Å². The Morgan fingerprint density at radius 3 is 2.41 bits per heavy atom. The molecule has 1 aromatic carbocycles. The highest BCUT2D eigenvalue weighted by molar-refractivity contribution is 6.31. The van der Waals surface area contributed by atoms with Crippen LogP contribution in [0.25, 0.3) is 0 Å². The Kier molecular flexibility index (Phi) is 11.4. The smallest absolute Gasteiger partial charge is 0.336 e. The topological polar surface area (TPSA) is 75.4 Å². The van der Waals surface area contributed by atoms with Crippen molar-refractivity contribution in [2.45, 2.75) is 38.3 Å². The van der Waals surface area contributed by atoms with Gasteiger partial charge < -0.3 is 16.0 Å². The number of hydrogen-bond acceptors (Lipinski definition) is 3. The number of unbranched alkanes of at least 4 members (excludes halogenated alkanes) is 3. The van der Waals surface area contributed by atoms with Crippen molar-refractivity contribution in [1.29, 1.82) is 0 Å². The lowest BCUT2D eigenvalue weighted by molar-refractivity contribution is -0.137. The van der Waals surface area contributed by atoms with Gasteiger partial charge in [-0.05, 0) is 37.6 Å². The fourth-order valence-electron chi connectivity index (χ4n) is 2.29. The lowest BCUT2D eigenvalue weighted by atomic mass is 10.1. The summed E-state index contributed by atoms with van der Waals surface area (Å²) in [5.41, 5.74) is 4.33. The van der Waals surface area contributed by atoms with E-state index in [4.69, 9.17) is 17.3 Å². The monoisotopic (exact) mass is 429 g/mol. The Bertz CT molecular complexity index is 628. The first-order chi connectivity index (χ1) is 12.1. The normalized spacial score (nSPS) is 10.9. The molecular weight excluding hydrogens is 406 g/mol. The van der Waals surface area contributed by atoms with Crippen LogP contribution in [0.1, 0.15) is 37.7 Å². The third-order valence-electron chi connectivity index (χ3n) is 3.71. The van der Waals surface area contributed by atoms with E-state index in [2.05, 4.69) is 5.32 Å². The van der Waals surface area contributed by atoms with Gasteiger partial charge in [-0.2, -0.15) is 13.2 Å². The molecule has 0 saturated carbocycles. The molecule has 0 fully saturated rings. The summed E-state index contributed by atoms with van der Waals surface area (Å²) in [5.74, 6) is -0.778. The van der Waals surface area contributed by atoms with Crippen LogP contribution in [0.15, 0.2) is 18.2 Å². The van der Waals surface area contributed by atoms with Crippen LogP contribution in [0.3, 0.4) is 0 Å². The van der Waals surface area contributed by atoms with Crippen molar-refractivity contribution >= 4 is 41.5 Å². The number of anilines is 1. The summed E-state index contributed by atoms with van der Waals surface area (Å²) in [6, 6.07) is 3.10. The molecule has 0 aliphatic carbocycles. The summed E-state index contributed by atoms with van der Waals surface area (Å²) in [6.45, 7) is 0.375. The molecule has 0 aliphatic heterocycles. The molecule has 5 nitrogen and oxygen atoms in total. The highest BCUT2D eigenvalue weighted by atomic mass is 35.5. The Balaban J connectivity index is 0.00000676. The van der Waals surface area contributed by atoms with E-state index in [-0.39, 0.29) is 30.5 Å². The number of nitrogens with one attached hydrogen (secondary N) is 1. The molecule has 1 aromatic rings. The number of alkyl halides is 3. The molecule has 0 aliphatic rings. The maximum atomic E-state index is 12.8. The molecule has 0 aromatic heterocycles. The second kappa shape index (κ2) is 12.0. The molecule has 0 spiro atoms. The molecule has 27 heavy (non-hydrogen) atoms. The molecule has 10 heteroatoms. The van der Waals surface area contributed by atoms with Crippen LogP contribution in [0.5, 0.6) is 0 Å². The zero-order valence-corrected chi connectivity index (χ0v) is 16.5. The maximum Gasteiger partial charge on any atom is 0.417 e. The Labute approximate surface area is 167 Å². The number of carbonyl (C=O) groups excluding carboxylic acids is 2. The lowest BCUT2D eigenvalue weighted by Crippen LogP contribution is -2.34. The number of amides is 2. The van der Waals surface area contributed by atoms with Gasteiger partial charge in [0.1, 0.15) is 0 Å². The summed E-state index contributed by atoms with van der Waals surface area (Å²) in [4.78, 5) is 25.2. The summed E-state index contributed by atoms with van der Waals surface area (Å²) < 4.78 is 38.5. The number of carbonyl (C=O) groups is 2. The molecule has 1 rings (SSSR count). The summed E-state index contributed by atoms with van der Waals surface area (Å²) in [5, 5.41) is 1.90. The van der Waals surface area contributed by atoms with Gasteiger partial charge in [0.25, 0.3) is 0 Å². The molecule has 0 radical (unpaired) electrons. The van der Waals surface area contributed by atoms with Crippen molar-refractivity contribution in [3.63, 3.8) is 0 Å². The van der Waals surface area contributed by atoms with Gasteiger partial charge in [-0.1, -0.05) is 24.4 Å². The average molecular weight is 430 g/mol. The van der Waals surface area contributed by atoms with Gasteiger partial charge in [-0.15, -0.1) is 12.4 Å². The predicted molar refractivity (Wildman–Crippen MR) is 102 cm³/mol. The second-order valence-electron chi connectivity index (χ2n) is 5.94. The van der Waals surface area contributed by atoms with Crippen molar-refractivity contribution in [3.05, 3.63) is 28.8 Å². The maximum absolute atomic E-state index is 12.8. The second-order valence-corrected chi connectivity index (χ2v) is 6.35. The molecule has 0 unspecified atom stereocenters. The third kappa shape index (κ3) is 9.30. The fraction of sp³-hybridized carbons (Fsp3) is 0.529. The largest absolute Gasteiger partial charge is 0.417 e. The minimum atomic E-state index is -4.62. The highest BCUT2D eigenvalue weighted by Crippen LogP contribution is 2.36. The molecule has 0 saturated heterocycles. The van der Waals surface area contributed by atoms with Gasteiger partial charge in [0.2, 0.25) is 11.8 Å². The van der Waals surface area contributed by atoms with Gasteiger partial charge >= 0.3 is 6.18 Å². The fourth-order valence-corrected chi connectivity index (χ4v) is 2.51. The van der Waals surface area contributed by atoms with Crippen LogP contribution in [0.2, 0.25) is 5.02 Å². The van der Waals surface area contributed by atoms with Crippen molar-refractivity contribution in [3.8, 4) is 0 Å². The summed E-state index contributed by atoms with van der Waals surface area (Å²) >= 11 is 5.53. The van der Waals surface area contributed by atoms with Gasteiger partial charge in [-0.3, -0.25) is 9.59 Å². The number of halogens is 5. The third-order valence-corrected chi connectivity index (χ3v) is 4.04. The molecule has 154 valence electrons. The number of hydrogen-bond donors (Lipinski definition) is 2. The first kappa shape index (κ1) is 25.5. The number of nitrogens with two attached hydrogens (primary N) is 1. The minimum Gasteiger partial charge on any atom is -0.336 e. The van der Waals surface area contributed by atoms with E-state index in [0.717, 1.165) is 31.4 Å². The van der Waals surface area contributed by atoms with Crippen molar-refractivity contribution in [2.75, 3.05) is 25.5 Å². The first-order valence-corrected chi connectivity index (χ1v) is 8.63. The molecule has 2 amide bonds. The molecular formula is C17H24Cl2F3N3O2. The van der Waals surface area contributed by atoms with Crippen LogP contribution in [0.4, 0.5) is 18.9 Å². The quantitative estimate of drug-likeness (QED) is 0.580. The van der Waals surface area contributed by atoms with E-state index >= 15 is 0 Å². The van der Waals surface area contributed by atoms with Crippen LogP contribution >= 0.6 is 24.0 Å². The van der Waals surface area contributed by atoms with E-state index in [1.54, 1.807) is 0 Å². The molecule has 0 heterocycles. The van der Waals surface area contributed by atoms with E-state index in [1.165, 1.54) is 18.0 Å². The Hall–Kier alpha value is -1.51. The number of nitrogens with zero attached hydrogens (tertiary/aromatic N) is 1. The summed E-state index contributed by atoms with van der Waals surface area (Å²) in [6.07, 6.45) is -0.855. The SMILES string of the molecule is CN(CC(=O)Nc1ccc(Cl)c(C(F)(F)F)c1)C(=O)CCCCCCN.Cl. The first-order valence-electron chi connectivity index (χ1n) is 8.25. The zero-order chi connectivity index (χ0) is 19.7.